The number of aromatic nitrogens is 3. The second-order valence-electron chi connectivity index (χ2n) is 3.16. The van der Waals surface area contributed by atoms with Crippen LogP contribution in [0.1, 0.15) is 5.69 Å². The molecule has 2 heterocycles. The first-order valence-electron chi connectivity index (χ1n) is 5.04. The highest BCUT2D eigenvalue weighted by atomic mass is 32.1. The van der Waals surface area contributed by atoms with Crippen LogP contribution in [-0.4, -0.2) is 26.6 Å². The summed E-state index contributed by atoms with van der Waals surface area (Å²) >= 11 is 6.63. The van der Waals surface area contributed by atoms with Gasteiger partial charge in [-0.2, -0.15) is 0 Å². The van der Waals surface area contributed by atoms with Gasteiger partial charge in [-0.15, -0.1) is 11.3 Å². The standard InChI is InChI=1S/C10H11N5S2/c16-9(15-10-14-5-6-17-10)13-2-1-8-7-11-3-4-12-8/h3-7H,1-2H2,(H2,13,14,15,16). The highest BCUT2D eigenvalue weighted by Gasteiger charge is 1.99. The average molecular weight is 265 g/mol. The molecule has 0 aliphatic carbocycles. The van der Waals surface area contributed by atoms with Crippen molar-refractivity contribution in [3.05, 3.63) is 35.9 Å². The Morgan fingerprint density at radius 2 is 2.24 bits per heavy atom. The van der Waals surface area contributed by atoms with Crippen LogP contribution in [0.15, 0.2) is 30.2 Å². The first kappa shape index (κ1) is 11.9. The second-order valence-corrected chi connectivity index (χ2v) is 4.47. The van der Waals surface area contributed by atoms with Crippen molar-refractivity contribution in [3.63, 3.8) is 0 Å². The summed E-state index contributed by atoms with van der Waals surface area (Å²) in [6.45, 7) is 0.718. The lowest BCUT2D eigenvalue weighted by atomic mass is 10.3. The van der Waals surface area contributed by atoms with Crippen molar-refractivity contribution in [2.75, 3.05) is 11.9 Å². The SMILES string of the molecule is S=C(NCCc1cnccn1)Nc1nccs1. The zero-order chi connectivity index (χ0) is 11.9. The molecule has 0 aliphatic heterocycles. The quantitative estimate of drug-likeness (QED) is 0.816. The van der Waals surface area contributed by atoms with Crippen LogP contribution in [-0.2, 0) is 6.42 Å². The van der Waals surface area contributed by atoms with Crippen LogP contribution >= 0.6 is 23.6 Å². The Hall–Kier alpha value is -1.60. The van der Waals surface area contributed by atoms with Crippen molar-refractivity contribution in [2.24, 2.45) is 0 Å². The van der Waals surface area contributed by atoms with Gasteiger partial charge in [0, 0.05) is 43.1 Å². The average Bonchev–Trinajstić information content (AvgIpc) is 2.83. The summed E-state index contributed by atoms with van der Waals surface area (Å²) < 4.78 is 0. The molecule has 0 amide bonds. The van der Waals surface area contributed by atoms with Crippen LogP contribution in [0.2, 0.25) is 0 Å². The number of rotatable bonds is 4. The third-order valence-corrected chi connectivity index (χ3v) is 2.87. The van der Waals surface area contributed by atoms with Gasteiger partial charge in [0.05, 0.1) is 5.69 Å². The van der Waals surface area contributed by atoms with Gasteiger partial charge in [0.25, 0.3) is 0 Å². The fourth-order valence-corrected chi connectivity index (χ4v) is 1.99. The Balaban J connectivity index is 1.70. The van der Waals surface area contributed by atoms with Gasteiger partial charge in [0.2, 0.25) is 0 Å². The van der Waals surface area contributed by atoms with Crippen molar-refractivity contribution in [2.45, 2.75) is 6.42 Å². The van der Waals surface area contributed by atoms with Crippen molar-refractivity contribution in [3.8, 4) is 0 Å². The molecule has 0 atom stereocenters. The summed E-state index contributed by atoms with van der Waals surface area (Å²) in [4.78, 5) is 12.3. The van der Waals surface area contributed by atoms with Crippen molar-refractivity contribution in [1.82, 2.24) is 20.3 Å². The Kier molecular flexibility index (Phi) is 4.34. The van der Waals surface area contributed by atoms with Gasteiger partial charge in [-0.05, 0) is 12.2 Å². The molecule has 0 aliphatic rings. The van der Waals surface area contributed by atoms with Gasteiger partial charge in [-0.25, -0.2) is 4.98 Å². The maximum absolute atomic E-state index is 5.13. The molecule has 0 aromatic carbocycles. The van der Waals surface area contributed by atoms with E-state index in [1.165, 1.54) is 11.3 Å². The van der Waals surface area contributed by atoms with Crippen LogP contribution < -0.4 is 10.6 Å². The molecule has 88 valence electrons. The molecule has 0 unspecified atom stereocenters. The first-order chi connectivity index (χ1) is 8.34. The molecule has 2 rings (SSSR count). The van der Waals surface area contributed by atoms with Crippen LogP contribution in [0, 0.1) is 0 Å². The van der Waals surface area contributed by atoms with Gasteiger partial charge < -0.3 is 10.6 Å². The monoisotopic (exact) mass is 265 g/mol. The van der Waals surface area contributed by atoms with E-state index in [-0.39, 0.29) is 0 Å². The third kappa shape index (κ3) is 4.04. The summed E-state index contributed by atoms with van der Waals surface area (Å²) in [5, 5.41) is 9.35. The van der Waals surface area contributed by atoms with Gasteiger partial charge in [-0.3, -0.25) is 9.97 Å². The number of thiocarbonyl (C=S) groups is 1. The lowest BCUT2D eigenvalue weighted by molar-refractivity contribution is 0.839. The Labute approximate surface area is 108 Å². The molecule has 0 fully saturated rings. The van der Waals surface area contributed by atoms with Crippen LogP contribution in [0.5, 0.6) is 0 Å². The molecule has 0 bridgehead atoms. The van der Waals surface area contributed by atoms with Crippen molar-refractivity contribution in [1.29, 1.82) is 0 Å². The second kappa shape index (κ2) is 6.21. The molecule has 5 nitrogen and oxygen atoms in total. The molecule has 0 spiro atoms. The normalized spacial score (nSPS) is 9.88. The smallest absolute Gasteiger partial charge is 0.188 e. The third-order valence-electron chi connectivity index (χ3n) is 1.94. The van der Waals surface area contributed by atoms with E-state index in [1.807, 2.05) is 5.38 Å². The fraction of sp³-hybridized carbons (Fsp3) is 0.200. The minimum absolute atomic E-state index is 0.573. The predicted molar refractivity (Wildman–Crippen MR) is 72.1 cm³/mol. The van der Waals surface area contributed by atoms with Crippen molar-refractivity contribution >= 4 is 33.8 Å². The zero-order valence-corrected chi connectivity index (χ0v) is 10.6. The van der Waals surface area contributed by atoms with E-state index in [9.17, 15) is 0 Å². The number of thiazole rings is 1. The number of nitrogens with one attached hydrogen (secondary N) is 2. The van der Waals surface area contributed by atoms with Gasteiger partial charge in [0.15, 0.2) is 10.2 Å². The largest absolute Gasteiger partial charge is 0.362 e. The van der Waals surface area contributed by atoms with E-state index in [4.69, 9.17) is 12.2 Å². The molecule has 7 heteroatoms. The van der Waals surface area contributed by atoms with Crippen LogP contribution in [0.25, 0.3) is 0 Å². The van der Waals surface area contributed by atoms with E-state index < -0.39 is 0 Å². The van der Waals surface area contributed by atoms with Crippen molar-refractivity contribution < 1.29 is 0 Å². The predicted octanol–water partition coefficient (Wildman–Crippen LogP) is 1.46. The molecular formula is C10H11N5S2. The number of nitrogens with zero attached hydrogens (tertiary/aromatic N) is 3. The minimum atomic E-state index is 0.573. The number of hydrogen-bond donors (Lipinski definition) is 2. The van der Waals surface area contributed by atoms with E-state index >= 15 is 0 Å². The number of anilines is 1. The summed E-state index contributed by atoms with van der Waals surface area (Å²) in [6.07, 6.45) is 7.61. The summed E-state index contributed by atoms with van der Waals surface area (Å²) in [5.41, 5.74) is 0.942. The summed E-state index contributed by atoms with van der Waals surface area (Å²) in [6, 6.07) is 0. The maximum Gasteiger partial charge on any atom is 0.188 e. The summed E-state index contributed by atoms with van der Waals surface area (Å²) in [5.74, 6) is 0. The van der Waals surface area contributed by atoms with E-state index in [0.29, 0.717) is 5.11 Å². The molecule has 0 radical (unpaired) electrons. The fourth-order valence-electron chi connectivity index (χ4n) is 1.19. The highest BCUT2D eigenvalue weighted by Crippen LogP contribution is 2.09. The molecular weight excluding hydrogens is 254 g/mol. The maximum atomic E-state index is 5.13. The topological polar surface area (TPSA) is 62.7 Å². The molecule has 2 N–H and O–H groups in total. The zero-order valence-electron chi connectivity index (χ0n) is 8.96. The van der Waals surface area contributed by atoms with E-state index in [2.05, 4.69) is 25.6 Å². The Bertz CT molecular complexity index is 457. The summed E-state index contributed by atoms with van der Waals surface area (Å²) in [7, 11) is 0. The molecule has 0 saturated carbocycles. The minimum Gasteiger partial charge on any atom is -0.362 e. The molecule has 2 aromatic heterocycles. The van der Waals surface area contributed by atoms with E-state index in [0.717, 1.165) is 23.8 Å². The molecule has 2 aromatic rings. The lowest BCUT2D eigenvalue weighted by Crippen LogP contribution is -2.30. The lowest BCUT2D eigenvalue weighted by Gasteiger charge is -2.07. The number of hydrogen-bond acceptors (Lipinski definition) is 5. The van der Waals surface area contributed by atoms with Gasteiger partial charge >= 0.3 is 0 Å². The Morgan fingerprint density at radius 1 is 1.29 bits per heavy atom. The van der Waals surface area contributed by atoms with E-state index in [1.54, 1.807) is 24.8 Å². The highest BCUT2D eigenvalue weighted by molar-refractivity contribution is 7.80. The van der Waals surface area contributed by atoms with Crippen LogP contribution in [0.3, 0.4) is 0 Å². The molecule has 0 saturated heterocycles. The van der Waals surface area contributed by atoms with Crippen LogP contribution in [0.4, 0.5) is 5.13 Å². The molecule has 17 heavy (non-hydrogen) atoms. The Morgan fingerprint density at radius 3 is 2.94 bits per heavy atom. The van der Waals surface area contributed by atoms with Gasteiger partial charge in [0.1, 0.15) is 0 Å². The first-order valence-corrected chi connectivity index (χ1v) is 6.32. The van der Waals surface area contributed by atoms with Gasteiger partial charge in [-0.1, -0.05) is 0 Å².